The second-order valence-electron chi connectivity index (χ2n) is 4.16. The van der Waals surface area contributed by atoms with E-state index >= 15 is 0 Å². The number of nitrogens with zero attached hydrogens (tertiary/aromatic N) is 2. The number of nitro groups is 1. The van der Waals surface area contributed by atoms with Gasteiger partial charge in [0, 0.05) is 23.3 Å². The second kappa shape index (κ2) is 4.53. The van der Waals surface area contributed by atoms with Crippen LogP contribution in [-0.2, 0) is 0 Å². The van der Waals surface area contributed by atoms with Gasteiger partial charge in [0.05, 0.1) is 11.1 Å². The molecule has 0 fully saturated rings. The summed E-state index contributed by atoms with van der Waals surface area (Å²) in [6.07, 6.45) is 8.53. The Bertz CT molecular complexity index is 681. The number of hydrogen-bond donors (Lipinski definition) is 0. The molecule has 1 aliphatic rings. The molecule has 0 saturated heterocycles. The summed E-state index contributed by atoms with van der Waals surface area (Å²) in [6, 6.07) is 6.15. The van der Waals surface area contributed by atoms with Gasteiger partial charge in [-0.2, -0.15) is 0 Å². The van der Waals surface area contributed by atoms with E-state index in [1.807, 2.05) is 18.2 Å². The third kappa shape index (κ3) is 2.18. The summed E-state index contributed by atoms with van der Waals surface area (Å²) in [6.45, 7) is 0. The minimum absolute atomic E-state index is 0.0539. The maximum atomic E-state index is 10.6. The fraction of sp³-hybridized carbons (Fsp3) is 0.0714. The molecule has 94 valence electrons. The van der Waals surface area contributed by atoms with Gasteiger partial charge < -0.3 is 4.42 Å². The van der Waals surface area contributed by atoms with Crippen LogP contribution in [-0.4, -0.2) is 9.91 Å². The second-order valence-corrected chi connectivity index (χ2v) is 4.16. The van der Waals surface area contributed by atoms with Gasteiger partial charge in [0.15, 0.2) is 5.76 Å². The van der Waals surface area contributed by atoms with Crippen molar-refractivity contribution in [3.05, 3.63) is 64.6 Å². The van der Waals surface area contributed by atoms with Crippen LogP contribution >= 0.6 is 0 Å². The van der Waals surface area contributed by atoms with E-state index in [2.05, 4.69) is 4.98 Å². The quantitative estimate of drug-likeness (QED) is 0.620. The third-order valence-corrected chi connectivity index (χ3v) is 2.92. The molecule has 0 bridgehead atoms. The van der Waals surface area contributed by atoms with Crippen molar-refractivity contribution >= 4 is 11.3 Å². The monoisotopic (exact) mass is 254 g/mol. The van der Waals surface area contributed by atoms with Crippen molar-refractivity contribution in [2.45, 2.75) is 6.42 Å². The number of hydrogen-bond acceptors (Lipinski definition) is 4. The highest BCUT2D eigenvalue weighted by Gasteiger charge is 2.12. The van der Waals surface area contributed by atoms with Gasteiger partial charge in [0.1, 0.15) is 0 Å². The molecule has 0 aliphatic heterocycles. The Morgan fingerprint density at radius 1 is 1.26 bits per heavy atom. The molecule has 0 unspecified atom stereocenters. The smallest absolute Gasteiger partial charge is 0.269 e. The first-order valence-electron chi connectivity index (χ1n) is 5.81. The number of benzene rings is 1. The van der Waals surface area contributed by atoms with Crippen molar-refractivity contribution < 1.29 is 9.34 Å². The molecule has 1 heterocycles. The number of allylic oxidation sites excluding steroid dienone is 4. The van der Waals surface area contributed by atoms with E-state index in [0.29, 0.717) is 5.89 Å². The van der Waals surface area contributed by atoms with Crippen LogP contribution in [0, 0.1) is 10.1 Å². The van der Waals surface area contributed by atoms with Gasteiger partial charge in [-0.05, 0) is 18.6 Å². The summed E-state index contributed by atoms with van der Waals surface area (Å²) in [7, 11) is 0. The van der Waals surface area contributed by atoms with Crippen LogP contribution in [0.25, 0.3) is 17.0 Å². The van der Waals surface area contributed by atoms with Crippen molar-refractivity contribution in [1.29, 1.82) is 0 Å². The standard InChI is InChI=1S/C14H10N2O3/c17-16(18)12-7-5-11(6-8-12)14-15-9-13(19-14)10-3-1-2-4-10/h1-3,5-9H,4H2. The predicted molar refractivity (Wildman–Crippen MR) is 70.3 cm³/mol. The normalized spacial score (nSPS) is 13.6. The Hall–Kier alpha value is -2.69. The summed E-state index contributed by atoms with van der Waals surface area (Å²) in [5.41, 5.74) is 1.86. The van der Waals surface area contributed by atoms with Crippen molar-refractivity contribution in [1.82, 2.24) is 4.98 Å². The Kier molecular flexibility index (Phi) is 2.72. The molecule has 0 saturated carbocycles. The van der Waals surface area contributed by atoms with Crippen LogP contribution < -0.4 is 0 Å². The molecule has 3 rings (SSSR count). The maximum Gasteiger partial charge on any atom is 0.269 e. The average Bonchev–Trinajstić information content (AvgIpc) is 3.10. The van der Waals surface area contributed by atoms with Crippen LogP contribution in [0.5, 0.6) is 0 Å². The van der Waals surface area contributed by atoms with Crippen molar-refractivity contribution in [2.24, 2.45) is 0 Å². The van der Waals surface area contributed by atoms with Crippen LogP contribution in [0.3, 0.4) is 0 Å². The molecular formula is C14H10N2O3. The molecule has 0 atom stereocenters. The largest absolute Gasteiger partial charge is 0.436 e. The summed E-state index contributed by atoms with van der Waals surface area (Å²) >= 11 is 0. The fourth-order valence-corrected chi connectivity index (χ4v) is 1.91. The molecule has 1 aromatic carbocycles. The lowest BCUT2D eigenvalue weighted by molar-refractivity contribution is -0.384. The minimum atomic E-state index is -0.431. The van der Waals surface area contributed by atoms with Gasteiger partial charge in [0.2, 0.25) is 5.89 Å². The first kappa shape index (κ1) is 11.4. The Morgan fingerprint density at radius 3 is 2.68 bits per heavy atom. The minimum Gasteiger partial charge on any atom is -0.436 e. The number of rotatable bonds is 3. The van der Waals surface area contributed by atoms with Crippen molar-refractivity contribution in [2.75, 3.05) is 0 Å². The summed E-state index contributed by atoms with van der Waals surface area (Å²) < 4.78 is 5.66. The number of nitro benzene ring substituents is 1. The van der Waals surface area contributed by atoms with E-state index in [0.717, 1.165) is 23.3 Å². The Labute approximate surface area is 109 Å². The highest BCUT2D eigenvalue weighted by atomic mass is 16.6. The molecule has 19 heavy (non-hydrogen) atoms. The Morgan fingerprint density at radius 2 is 2.05 bits per heavy atom. The lowest BCUT2D eigenvalue weighted by Gasteiger charge is -1.96. The maximum absolute atomic E-state index is 10.6. The first-order chi connectivity index (χ1) is 9.24. The molecule has 0 amide bonds. The topological polar surface area (TPSA) is 69.2 Å². The van der Waals surface area contributed by atoms with Gasteiger partial charge in [0.25, 0.3) is 5.69 Å². The van der Waals surface area contributed by atoms with Gasteiger partial charge in [-0.1, -0.05) is 18.2 Å². The lowest BCUT2D eigenvalue weighted by atomic mass is 10.2. The predicted octanol–water partition coefficient (Wildman–Crippen LogP) is 3.59. The van der Waals surface area contributed by atoms with E-state index in [9.17, 15) is 10.1 Å². The van der Waals surface area contributed by atoms with Crippen molar-refractivity contribution in [3.8, 4) is 11.5 Å². The molecule has 5 nitrogen and oxygen atoms in total. The highest BCUT2D eigenvalue weighted by Crippen LogP contribution is 2.28. The van der Waals surface area contributed by atoms with Crippen LogP contribution in [0.1, 0.15) is 12.2 Å². The Balaban J connectivity index is 1.88. The molecule has 0 spiro atoms. The van der Waals surface area contributed by atoms with Gasteiger partial charge in [-0.25, -0.2) is 4.98 Å². The zero-order valence-electron chi connectivity index (χ0n) is 9.95. The number of oxazole rings is 1. The fourth-order valence-electron chi connectivity index (χ4n) is 1.91. The van der Waals surface area contributed by atoms with Crippen molar-refractivity contribution in [3.63, 3.8) is 0 Å². The number of non-ortho nitro benzene ring substituents is 1. The average molecular weight is 254 g/mol. The third-order valence-electron chi connectivity index (χ3n) is 2.92. The van der Waals surface area contributed by atoms with E-state index in [4.69, 9.17) is 4.42 Å². The molecule has 1 aliphatic carbocycles. The molecular weight excluding hydrogens is 244 g/mol. The molecule has 2 aromatic rings. The SMILES string of the molecule is O=[N+]([O-])c1ccc(-c2ncc(C3=CC=CC3)o2)cc1. The van der Waals surface area contributed by atoms with Gasteiger partial charge in [-0.15, -0.1) is 0 Å². The molecule has 5 heteroatoms. The van der Waals surface area contributed by atoms with Crippen LogP contribution in [0.15, 0.2) is 53.1 Å². The van der Waals surface area contributed by atoms with E-state index in [1.165, 1.54) is 12.1 Å². The molecule has 0 radical (unpaired) electrons. The van der Waals surface area contributed by atoms with Gasteiger partial charge >= 0.3 is 0 Å². The van der Waals surface area contributed by atoms with E-state index in [-0.39, 0.29) is 5.69 Å². The van der Waals surface area contributed by atoms with Crippen LogP contribution in [0.2, 0.25) is 0 Å². The lowest BCUT2D eigenvalue weighted by Crippen LogP contribution is -1.87. The van der Waals surface area contributed by atoms with E-state index in [1.54, 1.807) is 18.3 Å². The number of aromatic nitrogens is 1. The van der Waals surface area contributed by atoms with E-state index < -0.39 is 4.92 Å². The molecule has 1 aromatic heterocycles. The summed E-state index contributed by atoms with van der Waals surface area (Å²) in [4.78, 5) is 14.3. The zero-order valence-corrected chi connectivity index (χ0v) is 9.95. The summed E-state index contributed by atoms with van der Waals surface area (Å²) in [5, 5.41) is 10.6. The van der Waals surface area contributed by atoms with Crippen LogP contribution in [0.4, 0.5) is 5.69 Å². The zero-order chi connectivity index (χ0) is 13.2. The van der Waals surface area contributed by atoms with Gasteiger partial charge in [-0.3, -0.25) is 10.1 Å². The summed E-state index contributed by atoms with van der Waals surface area (Å²) in [5.74, 6) is 1.20. The molecule has 0 N–H and O–H groups in total. The first-order valence-corrected chi connectivity index (χ1v) is 5.81. The highest BCUT2D eigenvalue weighted by molar-refractivity contribution is 5.68.